The summed E-state index contributed by atoms with van der Waals surface area (Å²) >= 11 is 0. The quantitative estimate of drug-likeness (QED) is 0.591. The summed E-state index contributed by atoms with van der Waals surface area (Å²) in [5.74, 6) is 0.616. The highest BCUT2D eigenvalue weighted by molar-refractivity contribution is 5.56. The number of ether oxygens (including phenoxy) is 1. The molecule has 0 saturated carbocycles. The Labute approximate surface area is 96.6 Å². The second-order valence-corrected chi connectivity index (χ2v) is 3.69. The molecule has 0 bridgehead atoms. The molecular formula is C12H20N2O2. The Balaban J connectivity index is 2.98. The number of aromatic hydroxyl groups is 1. The van der Waals surface area contributed by atoms with Gasteiger partial charge in [0, 0.05) is 23.9 Å². The maximum absolute atomic E-state index is 9.95. The third-order valence-electron chi connectivity index (χ3n) is 2.68. The molecule has 0 atom stereocenters. The standard InChI is InChI=1S/C12H20N2O2/c1-4-14(5-2)8-9-6-10(13)7-11(16-3)12(9)15/h6-7,15H,4-5,8,13H2,1-3H3. The van der Waals surface area contributed by atoms with Gasteiger partial charge >= 0.3 is 0 Å². The minimum atomic E-state index is 0.184. The van der Waals surface area contributed by atoms with Crippen molar-refractivity contribution < 1.29 is 9.84 Å². The summed E-state index contributed by atoms with van der Waals surface area (Å²) in [4.78, 5) is 2.20. The molecule has 0 aliphatic heterocycles. The smallest absolute Gasteiger partial charge is 0.162 e. The third-order valence-corrected chi connectivity index (χ3v) is 2.68. The van der Waals surface area contributed by atoms with Crippen LogP contribution in [0.1, 0.15) is 19.4 Å². The zero-order valence-electron chi connectivity index (χ0n) is 10.2. The van der Waals surface area contributed by atoms with Crippen molar-refractivity contribution in [1.82, 2.24) is 4.90 Å². The van der Waals surface area contributed by atoms with E-state index in [0.717, 1.165) is 18.7 Å². The van der Waals surface area contributed by atoms with E-state index in [0.29, 0.717) is 18.0 Å². The number of nitrogen functional groups attached to an aromatic ring is 1. The highest BCUT2D eigenvalue weighted by Gasteiger charge is 2.11. The zero-order valence-corrected chi connectivity index (χ0v) is 10.2. The Kier molecular flexibility index (Phi) is 4.43. The summed E-state index contributed by atoms with van der Waals surface area (Å²) in [6.07, 6.45) is 0. The fraction of sp³-hybridized carbons (Fsp3) is 0.500. The predicted octanol–water partition coefficient (Wildman–Crippen LogP) is 1.82. The van der Waals surface area contributed by atoms with Crippen molar-refractivity contribution in [2.75, 3.05) is 25.9 Å². The van der Waals surface area contributed by atoms with Gasteiger partial charge in [-0.05, 0) is 19.2 Å². The summed E-state index contributed by atoms with van der Waals surface area (Å²) < 4.78 is 5.07. The largest absolute Gasteiger partial charge is 0.504 e. The van der Waals surface area contributed by atoms with Crippen molar-refractivity contribution >= 4 is 5.69 Å². The van der Waals surface area contributed by atoms with Gasteiger partial charge in [-0.2, -0.15) is 0 Å². The SMILES string of the molecule is CCN(CC)Cc1cc(N)cc(OC)c1O. The molecule has 0 aliphatic carbocycles. The first-order valence-electron chi connectivity index (χ1n) is 5.50. The predicted molar refractivity (Wildman–Crippen MR) is 65.7 cm³/mol. The molecule has 1 aromatic carbocycles. The van der Waals surface area contributed by atoms with Crippen molar-refractivity contribution in [2.24, 2.45) is 0 Å². The number of phenols is 1. The lowest BCUT2D eigenvalue weighted by Crippen LogP contribution is -2.22. The molecule has 0 spiro atoms. The summed E-state index contributed by atoms with van der Waals surface area (Å²) in [7, 11) is 1.52. The van der Waals surface area contributed by atoms with Gasteiger partial charge in [0.25, 0.3) is 0 Å². The maximum Gasteiger partial charge on any atom is 0.162 e. The van der Waals surface area contributed by atoms with Crippen LogP contribution < -0.4 is 10.5 Å². The van der Waals surface area contributed by atoms with E-state index in [2.05, 4.69) is 18.7 Å². The molecule has 16 heavy (non-hydrogen) atoms. The molecule has 1 aromatic rings. The first-order chi connectivity index (χ1) is 7.62. The lowest BCUT2D eigenvalue weighted by atomic mass is 10.1. The van der Waals surface area contributed by atoms with Crippen molar-refractivity contribution in [3.63, 3.8) is 0 Å². The molecule has 0 aromatic heterocycles. The summed E-state index contributed by atoms with van der Waals surface area (Å²) in [6, 6.07) is 3.41. The molecule has 3 N–H and O–H groups in total. The van der Waals surface area contributed by atoms with E-state index in [-0.39, 0.29) is 5.75 Å². The molecule has 0 radical (unpaired) electrons. The van der Waals surface area contributed by atoms with Crippen molar-refractivity contribution in [3.05, 3.63) is 17.7 Å². The van der Waals surface area contributed by atoms with Crippen molar-refractivity contribution in [3.8, 4) is 11.5 Å². The van der Waals surface area contributed by atoms with Gasteiger partial charge in [0.1, 0.15) is 0 Å². The fourth-order valence-electron chi connectivity index (χ4n) is 1.65. The monoisotopic (exact) mass is 224 g/mol. The van der Waals surface area contributed by atoms with Crippen LogP contribution in [0.25, 0.3) is 0 Å². The number of phenolic OH excluding ortho intramolecular Hbond substituents is 1. The van der Waals surface area contributed by atoms with Gasteiger partial charge in [-0.25, -0.2) is 0 Å². The van der Waals surface area contributed by atoms with Gasteiger partial charge in [0.05, 0.1) is 7.11 Å². The van der Waals surface area contributed by atoms with E-state index < -0.39 is 0 Å². The Morgan fingerprint density at radius 2 is 1.94 bits per heavy atom. The highest BCUT2D eigenvalue weighted by atomic mass is 16.5. The number of nitrogens with zero attached hydrogens (tertiary/aromatic N) is 1. The number of methoxy groups -OCH3 is 1. The molecule has 0 saturated heterocycles. The number of rotatable bonds is 5. The van der Waals surface area contributed by atoms with Gasteiger partial charge in [-0.1, -0.05) is 13.8 Å². The van der Waals surface area contributed by atoms with Gasteiger partial charge in [0.15, 0.2) is 11.5 Å². The molecule has 0 heterocycles. The molecule has 0 amide bonds. The Morgan fingerprint density at radius 3 is 2.44 bits per heavy atom. The van der Waals surface area contributed by atoms with Crippen LogP contribution in [0, 0.1) is 0 Å². The molecule has 4 nitrogen and oxygen atoms in total. The number of anilines is 1. The average molecular weight is 224 g/mol. The lowest BCUT2D eigenvalue weighted by Gasteiger charge is -2.19. The third kappa shape index (κ3) is 2.79. The summed E-state index contributed by atoms with van der Waals surface area (Å²) in [5, 5.41) is 9.95. The molecule has 0 aliphatic rings. The maximum atomic E-state index is 9.95. The molecule has 0 fully saturated rings. The van der Waals surface area contributed by atoms with Crippen LogP contribution >= 0.6 is 0 Å². The van der Waals surface area contributed by atoms with Gasteiger partial charge in [-0.3, -0.25) is 4.90 Å². The second-order valence-electron chi connectivity index (χ2n) is 3.69. The van der Waals surface area contributed by atoms with E-state index >= 15 is 0 Å². The minimum Gasteiger partial charge on any atom is -0.504 e. The molecule has 0 unspecified atom stereocenters. The van der Waals surface area contributed by atoms with Crippen molar-refractivity contribution in [1.29, 1.82) is 0 Å². The summed E-state index contributed by atoms with van der Waals surface area (Å²) in [6.45, 7) is 6.73. The number of hydrogen-bond donors (Lipinski definition) is 2. The van der Waals surface area contributed by atoms with Crippen LogP contribution in [0.2, 0.25) is 0 Å². The van der Waals surface area contributed by atoms with E-state index in [9.17, 15) is 5.11 Å². The molecular weight excluding hydrogens is 204 g/mol. The topological polar surface area (TPSA) is 58.7 Å². The molecule has 90 valence electrons. The Hall–Kier alpha value is -1.42. The number of benzene rings is 1. The molecule has 4 heteroatoms. The van der Waals surface area contributed by atoms with Crippen LogP contribution in [-0.2, 0) is 6.54 Å². The number of nitrogens with two attached hydrogens (primary N) is 1. The first kappa shape index (κ1) is 12.6. The second kappa shape index (κ2) is 5.61. The average Bonchev–Trinajstić information content (AvgIpc) is 2.29. The normalized spacial score (nSPS) is 10.8. The lowest BCUT2D eigenvalue weighted by molar-refractivity contribution is 0.288. The van der Waals surface area contributed by atoms with Gasteiger partial charge in [0.2, 0.25) is 0 Å². The molecule has 1 rings (SSSR count). The fourth-order valence-corrected chi connectivity index (χ4v) is 1.65. The van der Waals surface area contributed by atoms with E-state index in [4.69, 9.17) is 10.5 Å². The van der Waals surface area contributed by atoms with Gasteiger partial charge < -0.3 is 15.6 Å². The first-order valence-corrected chi connectivity index (χ1v) is 5.50. The van der Waals surface area contributed by atoms with Gasteiger partial charge in [-0.15, -0.1) is 0 Å². The summed E-state index contributed by atoms with van der Waals surface area (Å²) in [5.41, 5.74) is 7.17. The minimum absolute atomic E-state index is 0.184. The van der Waals surface area contributed by atoms with E-state index in [1.54, 1.807) is 12.1 Å². The van der Waals surface area contributed by atoms with Crippen LogP contribution in [0.15, 0.2) is 12.1 Å². The van der Waals surface area contributed by atoms with Crippen LogP contribution in [0.3, 0.4) is 0 Å². The van der Waals surface area contributed by atoms with Crippen molar-refractivity contribution in [2.45, 2.75) is 20.4 Å². The van der Waals surface area contributed by atoms with Crippen LogP contribution in [0.4, 0.5) is 5.69 Å². The number of hydrogen-bond acceptors (Lipinski definition) is 4. The van der Waals surface area contributed by atoms with E-state index in [1.807, 2.05) is 0 Å². The Bertz CT molecular complexity index is 349. The van der Waals surface area contributed by atoms with Crippen LogP contribution in [-0.4, -0.2) is 30.2 Å². The van der Waals surface area contributed by atoms with Crippen LogP contribution in [0.5, 0.6) is 11.5 Å². The zero-order chi connectivity index (χ0) is 12.1. The Morgan fingerprint density at radius 1 is 1.31 bits per heavy atom. The van der Waals surface area contributed by atoms with E-state index in [1.165, 1.54) is 7.11 Å². The highest BCUT2D eigenvalue weighted by Crippen LogP contribution is 2.33.